The van der Waals surface area contributed by atoms with Crippen molar-refractivity contribution in [3.8, 4) is 5.75 Å². The lowest BCUT2D eigenvalue weighted by Crippen LogP contribution is -2.42. The second-order valence-corrected chi connectivity index (χ2v) is 6.60. The molecule has 2 amide bonds. The van der Waals surface area contributed by atoms with Crippen molar-refractivity contribution in [2.45, 2.75) is 39.0 Å². The van der Waals surface area contributed by atoms with Gasteiger partial charge in [-0.1, -0.05) is 6.42 Å². The number of amides is 2. The first-order chi connectivity index (χ1) is 11.2. The molecule has 0 heterocycles. The smallest absolute Gasteiger partial charge is 0.269 e. The summed E-state index contributed by atoms with van der Waals surface area (Å²) < 4.78 is 5.34. The summed E-state index contributed by atoms with van der Waals surface area (Å²) in [5.74, 6) is 2.36. The van der Waals surface area contributed by atoms with E-state index < -0.39 is 0 Å². The molecule has 0 radical (unpaired) electrons. The van der Waals surface area contributed by atoms with E-state index in [0.29, 0.717) is 30.4 Å². The molecule has 1 aromatic rings. The quantitative estimate of drug-likeness (QED) is 0.821. The van der Waals surface area contributed by atoms with Crippen LogP contribution in [0.1, 0.15) is 49.4 Å². The Kier molecular flexibility index (Phi) is 4.84. The molecule has 2 fully saturated rings. The fourth-order valence-corrected chi connectivity index (χ4v) is 3.98. The number of hydrogen-bond acceptors (Lipinski definition) is 3. The molecule has 1 aromatic carbocycles. The van der Waals surface area contributed by atoms with Crippen molar-refractivity contribution in [3.05, 3.63) is 29.8 Å². The summed E-state index contributed by atoms with van der Waals surface area (Å²) in [5.41, 5.74) is 5.52. The molecule has 3 rings (SSSR count). The molecule has 2 aliphatic carbocycles. The first-order valence-corrected chi connectivity index (χ1v) is 8.47. The molecule has 23 heavy (non-hydrogen) atoms. The second-order valence-electron chi connectivity index (χ2n) is 6.60. The topological polar surface area (TPSA) is 67.4 Å². The average Bonchev–Trinajstić information content (AvgIpc) is 3.16. The highest BCUT2D eigenvalue weighted by Crippen LogP contribution is 2.49. The van der Waals surface area contributed by atoms with Gasteiger partial charge in [0.25, 0.3) is 5.91 Å². The number of benzene rings is 1. The van der Waals surface area contributed by atoms with E-state index in [0.717, 1.165) is 11.7 Å². The summed E-state index contributed by atoms with van der Waals surface area (Å²) >= 11 is 0. The largest absolute Gasteiger partial charge is 0.494 e. The Morgan fingerprint density at radius 1 is 1.13 bits per heavy atom. The zero-order chi connectivity index (χ0) is 16.2. The third kappa shape index (κ3) is 3.84. The number of hydrazine groups is 1. The van der Waals surface area contributed by atoms with Gasteiger partial charge in [-0.25, -0.2) is 0 Å². The van der Waals surface area contributed by atoms with Gasteiger partial charge < -0.3 is 4.74 Å². The predicted octanol–water partition coefficient (Wildman–Crippen LogP) is 2.67. The van der Waals surface area contributed by atoms with Crippen molar-refractivity contribution in [2.75, 3.05) is 6.61 Å². The van der Waals surface area contributed by atoms with Crippen molar-refractivity contribution in [1.29, 1.82) is 0 Å². The number of ether oxygens (including phenoxy) is 1. The van der Waals surface area contributed by atoms with Crippen molar-refractivity contribution < 1.29 is 14.3 Å². The summed E-state index contributed by atoms with van der Waals surface area (Å²) in [6, 6.07) is 6.86. The molecule has 0 spiro atoms. The third-order valence-electron chi connectivity index (χ3n) is 5.08. The summed E-state index contributed by atoms with van der Waals surface area (Å²) in [7, 11) is 0. The van der Waals surface area contributed by atoms with E-state index in [1.165, 1.54) is 25.7 Å². The lowest BCUT2D eigenvalue weighted by molar-refractivity contribution is -0.123. The number of rotatable bonds is 5. The lowest BCUT2D eigenvalue weighted by atomic mass is 9.86. The summed E-state index contributed by atoms with van der Waals surface area (Å²) in [5, 5.41) is 0. The van der Waals surface area contributed by atoms with Gasteiger partial charge in [-0.3, -0.25) is 20.4 Å². The molecule has 0 saturated heterocycles. The van der Waals surface area contributed by atoms with E-state index in [-0.39, 0.29) is 11.8 Å². The van der Waals surface area contributed by atoms with Gasteiger partial charge in [0.2, 0.25) is 5.91 Å². The number of nitrogens with one attached hydrogen (secondary N) is 2. The third-order valence-corrected chi connectivity index (χ3v) is 5.08. The molecule has 0 unspecified atom stereocenters. The normalized spacial score (nSPS) is 25.2. The predicted molar refractivity (Wildman–Crippen MR) is 86.8 cm³/mol. The number of hydrogen-bond donors (Lipinski definition) is 2. The SMILES string of the molecule is CCOc1ccc(C(=O)NNC(=O)C[C@@H]2C[C@H]3CC[C@@H]2C3)cc1. The zero-order valence-corrected chi connectivity index (χ0v) is 13.5. The van der Waals surface area contributed by atoms with Gasteiger partial charge >= 0.3 is 0 Å². The van der Waals surface area contributed by atoms with E-state index in [1.807, 2.05) is 6.92 Å². The van der Waals surface area contributed by atoms with Gasteiger partial charge in [-0.2, -0.15) is 0 Å². The molecule has 0 aromatic heterocycles. The van der Waals surface area contributed by atoms with Crippen molar-refractivity contribution in [2.24, 2.45) is 17.8 Å². The van der Waals surface area contributed by atoms with Gasteiger partial charge in [0.15, 0.2) is 0 Å². The Balaban J connectivity index is 1.44. The molecular weight excluding hydrogens is 292 g/mol. The lowest BCUT2D eigenvalue weighted by Gasteiger charge is -2.20. The van der Waals surface area contributed by atoms with Crippen LogP contribution in [0.5, 0.6) is 5.75 Å². The molecule has 124 valence electrons. The molecule has 5 heteroatoms. The summed E-state index contributed by atoms with van der Waals surface area (Å²) in [6.45, 7) is 2.50. The molecule has 0 aliphatic heterocycles. The maximum atomic E-state index is 12.0. The first kappa shape index (κ1) is 15.8. The number of carbonyl (C=O) groups is 2. The summed E-state index contributed by atoms with van der Waals surface area (Å²) in [4.78, 5) is 24.0. The number of carbonyl (C=O) groups excluding carboxylic acids is 2. The van der Waals surface area contributed by atoms with Crippen LogP contribution in [0.4, 0.5) is 0 Å². The van der Waals surface area contributed by atoms with E-state index in [9.17, 15) is 9.59 Å². The van der Waals surface area contributed by atoms with E-state index in [2.05, 4.69) is 10.9 Å². The standard InChI is InChI=1S/C18H24N2O3/c1-2-23-16-7-5-13(6-8-16)18(22)20-19-17(21)11-15-10-12-3-4-14(15)9-12/h5-8,12,14-15H,2-4,9-11H2,1H3,(H,19,21)(H,20,22)/t12-,14+,15-/m0/s1. The second kappa shape index (κ2) is 7.02. The minimum Gasteiger partial charge on any atom is -0.494 e. The first-order valence-electron chi connectivity index (χ1n) is 8.47. The fourth-order valence-electron chi connectivity index (χ4n) is 3.98. The molecular formula is C18H24N2O3. The maximum absolute atomic E-state index is 12.0. The van der Waals surface area contributed by atoms with Crippen molar-refractivity contribution >= 4 is 11.8 Å². The van der Waals surface area contributed by atoms with Crippen LogP contribution in [-0.2, 0) is 4.79 Å². The van der Waals surface area contributed by atoms with Crippen LogP contribution in [-0.4, -0.2) is 18.4 Å². The minimum atomic E-state index is -0.311. The van der Waals surface area contributed by atoms with Crippen LogP contribution in [0.3, 0.4) is 0 Å². The van der Waals surface area contributed by atoms with Crippen LogP contribution in [0.15, 0.2) is 24.3 Å². The average molecular weight is 316 g/mol. The molecule has 2 saturated carbocycles. The van der Waals surface area contributed by atoms with Crippen LogP contribution in [0.2, 0.25) is 0 Å². The molecule has 3 atom stereocenters. The van der Waals surface area contributed by atoms with Gasteiger partial charge in [-0.15, -0.1) is 0 Å². The van der Waals surface area contributed by atoms with Crippen LogP contribution >= 0.6 is 0 Å². The molecule has 2 aliphatic rings. The zero-order valence-electron chi connectivity index (χ0n) is 13.5. The van der Waals surface area contributed by atoms with Crippen molar-refractivity contribution in [1.82, 2.24) is 10.9 Å². The van der Waals surface area contributed by atoms with Gasteiger partial charge in [0.1, 0.15) is 5.75 Å². The Morgan fingerprint density at radius 2 is 1.91 bits per heavy atom. The molecule has 5 nitrogen and oxygen atoms in total. The van der Waals surface area contributed by atoms with E-state index in [4.69, 9.17) is 4.74 Å². The highest BCUT2D eigenvalue weighted by molar-refractivity contribution is 5.95. The van der Waals surface area contributed by atoms with Crippen LogP contribution in [0.25, 0.3) is 0 Å². The van der Waals surface area contributed by atoms with Gasteiger partial charge in [0, 0.05) is 12.0 Å². The molecule has 2 N–H and O–H groups in total. The highest BCUT2D eigenvalue weighted by Gasteiger charge is 2.40. The Bertz CT molecular complexity index is 570. The van der Waals surface area contributed by atoms with Gasteiger partial charge in [-0.05, 0) is 68.2 Å². The monoisotopic (exact) mass is 316 g/mol. The minimum absolute atomic E-state index is 0.0955. The van der Waals surface area contributed by atoms with Crippen molar-refractivity contribution in [3.63, 3.8) is 0 Å². The van der Waals surface area contributed by atoms with E-state index in [1.54, 1.807) is 24.3 Å². The Morgan fingerprint density at radius 3 is 2.52 bits per heavy atom. The number of fused-ring (bicyclic) bond motifs is 2. The highest BCUT2D eigenvalue weighted by atomic mass is 16.5. The Labute approximate surface area is 136 Å². The maximum Gasteiger partial charge on any atom is 0.269 e. The Hall–Kier alpha value is -2.04. The van der Waals surface area contributed by atoms with E-state index >= 15 is 0 Å². The van der Waals surface area contributed by atoms with Gasteiger partial charge in [0.05, 0.1) is 6.61 Å². The van der Waals surface area contributed by atoms with Crippen LogP contribution < -0.4 is 15.6 Å². The summed E-state index contributed by atoms with van der Waals surface area (Å²) in [6.07, 6.45) is 5.57. The molecule has 2 bridgehead atoms. The fraction of sp³-hybridized carbons (Fsp3) is 0.556. The van der Waals surface area contributed by atoms with Crippen LogP contribution in [0, 0.1) is 17.8 Å².